The van der Waals surface area contributed by atoms with Gasteiger partial charge in [0.1, 0.15) is 0 Å². The van der Waals surface area contributed by atoms with Gasteiger partial charge in [0, 0.05) is 45.2 Å². The fourth-order valence-electron chi connectivity index (χ4n) is 2.52. The van der Waals surface area contributed by atoms with Crippen LogP contribution in [-0.4, -0.2) is 75.3 Å². The van der Waals surface area contributed by atoms with E-state index in [1.54, 1.807) is 0 Å². The smallest absolute Gasteiger partial charge is 0.193 e. The lowest BCUT2D eigenvalue weighted by Gasteiger charge is -2.26. The van der Waals surface area contributed by atoms with E-state index in [0.717, 1.165) is 45.4 Å². The van der Waals surface area contributed by atoms with E-state index in [-0.39, 0.29) is 24.0 Å². The second-order valence-corrected chi connectivity index (χ2v) is 6.08. The number of likely N-dealkylation sites (N-methyl/N-ethyl adjacent to an activating group) is 1. The third kappa shape index (κ3) is 7.97. The Morgan fingerprint density at radius 3 is 2.64 bits per heavy atom. The molecule has 1 heterocycles. The highest BCUT2D eigenvalue weighted by molar-refractivity contribution is 14.0. The molecular formula is C16H35IN4O. The van der Waals surface area contributed by atoms with Crippen LogP contribution in [0, 0.1) is 5.92 Å². The summed E-state index contributed by atoms with van der Waals surface area (Å²) in [6, 6.07) is 0.621. The molecule has 132 valence electrons. The molecule has 1 aliphatic heterocycles. The van der Waals surface area contributed by atoms with E-state index in [1.165, 1.54) is 12.8 Å². The number of nitrogens with zero attached hydrogens (tertiary/aromatic N) is 3. The SMILES string of the molecule is CCNC(=NCCN(C)C(C)CC)N(C)CC1CCOC1.I. The molecule has 5 nitrogen and oxygen atoms in total. The summed E-state index contributed by atoms with van der Waals surface area (Å²) < 4.78 is 5.46. The fraction of sp³-hybridized carbons (Fsp3) is 0.938. The van der Waals surface area contributed by atoms with Gasteiger partial charge in [0.15, 0.2) is 5.96 Å². The number of ether oxygens (including phenoxy) is 1. The Bertz CT molecular complexity index is 309. The minimum absolute atomic E-state index is 0. The van der Waals surface area contributed by atoms with Crippen molar-refractivity contribution in [1.29, 1.82) is 0 Å². The van der Waals surface area contributed by atoms with E-state index in [0.29, 0.717) is 12.0 Å². The van der Waals surface area contributed by atoms with Crippen molar-refractivity contribution in [2.24, 2.45) is 10.9 Å². The molecule has 1 fully saturated rings. The van der Waals surface area contributed by atoms with Crippen LogP contribution in [-0.2, 0) is 4.74 Å². The van der Waals surface area contributed by atoms with Crippen LogP contribution in [0.4, 0.5) is 0 Å². The van der Waals surface area contributed by atoms with Crippen molar-refractivity contribution in [1.82, 2.24) is 15.1 Å². The zero-order chi connectivity index (χ0) is 15.7. The Kier molecular flexibility index (Phi) is 12.3. The Labute approximate surface area is 153 Å². The number of aliphatic imine (C=N–C) groups is 1. The zero-order valence-electron chi connectivity index (χ0n) is 15.0. The van der Waals surface area contributed by atoms with Crippen molar-refractivity contribution in [2.75, 3.05) is 53.5 Å². The quantitative estimate of drug-likeness (QED) is 0.367. The molecule has 1 aliphatic rings. The molecule has 1 N–H and O–H groups in total. The van der Waals surface area contributed by atoms with Crippen molar-refractivity contribution < 1.29 is 4.74 Å². The summed E-state index contributed by atoms with van der Waals surface area (Å²) in [6.07, 6.45) is 2.35. The Hall–Kier alpha value is -0.0800. The van der Waals surface area contributed by atoms with E-state index in [4.69, 9.17) is 9.73 Å². The Morgan fingerprint density at radius 2 is 2.09 bits per heavy atom. The maximum atomic E-state index is 5.46. The van der Waals surface area contributed by atoms with Crippen molar-refractivity contribution >= 4 is 29.9 Å². The molecule has 0 aromatic carbocycles. The summed E-state index contributed by atoms with van der Waals surface area (Å²) in [5.74, 6) is 1.66. The lowest BCUT2D eigenvalue weighted by Crippen LogP contribution is -2.42. The van der Waals surface area contributed by atoms with Crippen LogP contribution in [0.3, 0.4) is 0 Å². The first-order chi connectivity index (χ1) is 10.1. The van der Waals surface area contributed by atoms with Crippen LogP contribution < -0.4 is 5.32 Å². The minimum Gasteiger partial charge on any atom is -0.381 e. The first-order valence-corrected chi connectivity index (χ1v) is 8.35. The van der Waals surface area contributed by atoms with Gasteiger partial charge in [0.2, 0.25) is 0 Å². The number of nitrogens with one attached hydrogen (secondary N) is 1. The van der Waals surface area contributed by atoms with Gasteiger partial charge in [-0.1, -0.05) is 6.92 Å². The van der Waals surface area contributed by atoms with Gasteiger partial charge in [0.25, 0.3) is 0 Å². The van der Waals surface area contributed by atoms with Crippen LogP contribution in [0.2, 0.25) is 0 Å². The number of rotatable bonds is 8. The van der Waals surface area contributed by atoms with E-state index in [1.807, 2.05) is 0 Å². The minimum atomic E-state index is 0. The molecule has 0 radical (unpaired) electrons. The Morgan fingerprint density at radius 1 is 1.36 bits per heavy atom. The molecule has 0 aromatic rings. The summed E-state index contributed by atoms with van der Waals surface area (Å²) in [5.41, 5.74) is 0. The highest BCUT2D eigenvalue weighted by atomic mass is 127. The molecule has 2 atom stereocenters. The number of hydrogen-bond acceptors (Lipinski definition) is 3. The van der Waals surface area contributed by atoms with E-state index in [2.05, 4.69) is 50.0 Å². The topological polar surface area (TPSA) is 40.1 Å². The highest BCUT2D eigenvalue weighted by Gasteiger charge is 2.19. The molecular weight excluding hydrogens is 391 g/mol. The zero-order valence-corrected chi connectivity index (χ0v) is 17.3. The normalized spacial score (nSPS) is 19.9. The third-order valence-electron chi connectivity index (χ3n) is 4.31. The first kappa shape index (κ1) is 21.9. The van der Waals surface area contributed by atoms with E-state index < -0.39 is 0 Å². The van der Waals surface area contributed by atoms with Gasteiger partial charge < -0.3 is 19.9 Å². The second-order valence-electron chi connectivity index (χ2n) is 6.08. The molecule has 2 unspecified atom stereocenters. The van der Waals surface area contributed by atoms with Crippen LogP contribution >= 0.6 is 24.0 Å². The molecule has 1 rings (SSSR count). The summed E-state index contributed by atoms with van der Waals surface area (Å²) in [4.78, 5) is 9.38. The monoisotopic (exact) mass is 426 g/mol. The van der Waals surface area contributed by atoms with Gasteiger partial charge in [-0.15, -0.1) is 24.0 Å². The van der Waals surface area contributed by atoms with Crippen molar-refractivity contribution in [3.63, 3.8) is 0 Å². The summed E-state index contributed by atoms with van der Waals surface area (Å²) >= 11 is 0. The van der Waals surface area contributed by atoms with Crippen LogP contribution in [0.25, 0.3) is 0 Å². The standard InChI is InChI=1S/C16H34N4O.HI/c1-6-14(3)19(4)10-9-18-16(17-7-2)20(5)12-15-8-11-21-13-15;/h14-15H,6-13H2,1-5H3,(H,17,18);1H. The number of guanidine groups is 1. The van der Waals surface area contributed by atoms with Crippen molar-refractivity contribution in [2.45, 2.75) is 39.7 Å². The fourth-order valence-corrected chi connectivity index (χ4v) is 2.52. The second kappa shape index (κ2) is 12.4. The number of hydrogen-bond donors (Lipinski definition) is 1. The predicted molar refractivity (Wildman–Crippen MR) is 105 cm³/mol. The highest BCUT2D eigenvalue weighted by Crippen LogP contribution is 2.13. The maximum absolute atomic E-state index is 5.46. The van der Waals surface area contributed by atoms with Gasteiger partial charge in [-0.2, -0.15) is 0 Å². The summed E-state index contributed by atoms with van der Waals surface area (Å²) in [7, 11) is 4.30. The number of halogens is 1. The van der Waals surface area contributed by atoms with Gasteiger partial charge in [-0.05, 0) is 33.7 Å². The van der Waals surface area contributed by atoms with Crippen molar-refractivity contribution in [3.8, 4) is 0 Å². The molecule has 0 saturated carbocycles. The van der Waals surface area contributed by atoms with Gasteiger partial charge >= 0.3 is 0 Å². The van der Waals surface area contributed by atoms with Gasteiger partial charge in [-0.3, -0.25) is 4.99 Å². The molecule has 0 aromatic heterocycles. The lowest BCUT2D eigenvalue weighted by atomic mass is 10.1. The van der Waals surface area contributed by atoms with Crippen molar-refractivity contribution in [3.05, 3.63) is 0 Å². The molecule has 0 spiro atoms. The van der Waals surface area contributed by atoms with Crippen LogP contribution in [0.15, 0.2) is 4.99 Å². The third-order valence-corrected chi connectivity index (χ3v) is 4.31. The summed E-state index contributed by atoms with van der Waals surface area (Å²) in [5, 5.41) is 3.39. The van der Waals surface area contributed by atoms with Gasteiger partial charge in [-0.25, -0.2) is 0 Å². The average molecular weight is 426 g/mol. The first-order valence-electron chi connectivity index (χ1n) is 8.35. The molecule has 0 amide bonds. The molecule has 6 heteroatoms. The Balaban J connectivity index is 0.00000441. The maximum Gasteiger partial charge on any atom is 0.193 e. The molecule has 1 saturated heterocycles. The summed E-state index contributed by atoms with van der Waals surface area (Å²) in [6.45, 7) is 12.2. The lowest BCUT2D eigenvalue weighted by molar-refractivity contribution is 0.181. The molecule has 0 aliphatic carbocycles. The molecule has 22 heavy (non-hydrogen) atoms. The van der Waals surface area contributed by atoms with E-state index in [9.17, 15) is 0 Å². The van der Waals surface area contributed by atoms with Crippen LogP contribution in [0.1, 0.15) is 33.6 Å². The molecule has 0 bridgehead atoms. The predicted octanol–water partition coefficient (Wildman–Crippen LogP) is 2.27. The van der Waals surface area contributed by atoms with Gasteiger partial charge in [0.05, 0.1) is 13.2 Å². The average Bonchev–Trinajstić information content (AvgIpc) is 2.98. The van der Waals surface area contributed by atoms with Crippen LogP contribution in [0.5, 0.6) is 0 Å². The van der Waals surface area contributed by atoms with E-state index >= 15 is 0 Å². The largest absolute Gasteiger partial charge is 0.381 e.